The summed E-state index contributed by atoms with van der Waals surface area (Å²) in [5.74, 6) is -1.13. The predicted octanol–water partition coefficient (Wildman–Crippen LogP) is 2.25. The number of oxazole rings is 1. The minimum atomic E-state index is -3.79. The first kappa shape index (κ1) is 20.8. The maximum absolute atomic E-state index is 13.1. The lowest BCUT2D eigenvalue weighted by Crippen LogP contribution is -2.45. The van der Waals surface area contributed by atoms with E-state index in [-0.39, 0.29) is 28.8 Å². The molecule has 30 heavy (non-hydrogen) atoms. The largest absolute Gasteiger partial charge is 0.417 e. The molecule has 1 amide bonds. The van der Waals surface area contributed by atoms with Gasteiger partial charge in [-0.2, -0.15) is 4.31 Å². The number of rotatable bonds is 6. The van der Waals surface area contributed by atoms with Gasteiger partial charge in [0.15, 0.2) is 5.58 Å². The summed E-state index contributed by atoms with van der Waals surface area (Å²) in [4.78, 5) is 27.7. The fourth-order valence-corrected chi connectivity index (χ4v) is 6.16. The first-order chi connectivity index (χ1) is 14.3. The van der Waals surface area contributed by atoms with Gasteiger partial charge in [-0.25, -0.2) is 13.2 Å². The Balaban J connectivity index is 1.42. The summed E-state index contributed by atoms with van der Waals surface area (Å²) in [6.45, 7) is 3.08. The second-order valence-electron chi connectivity index (χ2n) is 7.44. The molecule has 0 bridgehead atoms. The van der Waals surface area contributed by atoms with Crippen LogP contribution in [0.1, 0.15) is 23.3 Å². The van der Waals surface area contributed by atoms with Crippen molar-refractivity contribution in [1.82, 2.24) is 14.6 Å². The smallest absolute Gasteiger partial charge is 0.408 e. The molecule has 4 rings (SSSR count). The van der Waals surface area contributed by atoms with Crippen LogP contribution in [0.15, 0.2) is 43.8 Å². The quantitative estimate of drug-likeness (QED) is 0.599. The monoisotopic (exact) mass is 449 g/mol. The Morgan fingerprint density at radius 1 is 1.37 bits per heavy atom. The van der Waals surface area contributed by atoms with Crippen molar-refractivity contribution in [3.05, 3.63) is 50.6 Å². The number of aromatic amines is 1. The first-order valence-corrected chi connectivity index (χ1v) is 12.1. The van der Waals surface area contributed by atoms with Crippen LogP contribution in [0, 0.1) is 12.8 Å². The van der Waals surface area contributed by atoms with E-state index >= 15 is 0 Å². The Hall–Kier alpha value is -2.43. The standard InChI is InChI=1S/C20H23N3O5S2/c1-13-7-10-29-18(13)6-8-21-19(24)14-3-2-9-23(12-14)30(26,27)15-4-5-16-17(11-15)28-20(25)22-16/h4-5,7,10-11,14H,2-3,6,8-9,12H2,1H3,(H,21,24)(H,22,25)/t14-/m0/s1. The zero-order valence-corrected chi connectivity index (χ0v) is 18.1. The highest BCUT2D eigenvalue weighted by Crippen LogP contribution is 2.26. The molecule has 0 radical (unpaired) electrons. The molecule has 10 heteroatoms. The van der Waals surface area contributed by atoms with Crippen molar-refractivity contribution in [2.24, 2.45) is 5.92 Å². The van der Waals surface area contributed by atoms with Crippen LogP contribution in [0.4, 0.5) is 0 Å². The number of thiophene rings is 1. The van der Waals surface area contributed by atoms with Gasteiger partial charge in [-0.1, -0.05) is 0 Å². The number of nitrogens with zero attached hydrogens (tertiary/aromatic N) is 1. The number of amides is 1. The molecule has 0 aliphatic carbocycles. The van der Waals surface area contributed by atoms with Crippen molar-refractivity contribution < 1.29 is 17.6 Å². The number of benzene rings is 1. The van der Waals surface area contributed by atoms with Crippen molar-refractivity contribution in [3.63, 3.8) is 0 Å². The average molecular weight is 450 g/mol. The van der Waals surface area contributed by atoms with Crippen molar-refractivity contribution >= 4 is 38.4 Å². The lowest BCUT2D eigenvalue weighted by atomic mass is 9.99. The molecule has 2 aromatic heterocycles. The summed E-state index contributed by atoms with van der Waals surface area (Å²) < 4.78 is 32.5. The Labute approximate surface area is 177 Å². The molecule has 1 aromatic carbocycles. The van der Waals surface area contributed by atoms with E-state index in [0.29, 0.717) is 31.4 Å². The van der Waals surface area contributed by atoms with Gasteiger partial charge < -0.3 is 9.73 Å². The van der Waals surface area contributed by atoms with Gasteiger partial charge in [0, 0.05) is 30.6 Å². The number of hydrogen-bond donors (Lipinski definition) is 2. The van der Waals surface area contributed by atoms with Crippen molar-refractivity contribution in [1.29, 1.82) is 0 Å². The fraction of sp³-hybridized carbons (Fsp3) is 0.400. The number of aryl methyl sites for hydroxylation is 1. The maximum atomic E-state index is 13.1. The van der Waals surface area contributed by atoms with Crippen molar-refractivity contribution in [2.45, 2.75) is 31.1 Å². The number of H-pyrrole nitrogens is 1. The summed E-state index contributed by atoms with van der Waals surface area (Å²) in [7, 11) is -3.79. The molecule has 0 unspecified atom stereocenters. The third-order valence-corrected chi connectivity index (χ3v) is 8.35. The van der Waals surface area contributed by atoms with Crippen LogP contribution >= 0.6 is 11.3 Å². The lowest BCUT2D eigenvalue weighted by molar-refractivity contribution is -0.126. The first-order valence-electron chi connectivity index (χ1n) is 9.78. The van der Waals surface area contributed by atoms with E-state index in [1.54, 1.807) is 11.3 Å². The summed E-state index contributed by atoms with van der Waals surface area (Å²) in [6, 6.07) is 6.35. The molecular formula is C20H23N3O5S2. The number of hydrogen-bond acceptors (Lipinski definition) is 6. The van der Waals surface area contributed by atoms with E-state index in [4.69, 9.17) is 4.42 Å². The summed E-state index contributed by atoms with van der Waals surface area (Å²) in [5.41, 5.74) is 1.85. The second-order valence-corrected chi connectivity index (χ2v) is 10.4. The zero-order valence-electron chi connectivity index (χ0n) is 16.5. The molecular weight excluding hydrogens is 426 g/mol. The minimum absolute atomic E-state index is 0.0481. The minimum Gasteiger partial charge on any atom is -0.408 e. The molecule has 1 atom stereocenters. The Morgan fingerprint density at radius 2 is 2.20 bits per heavy atom. The van der Waals surface area contributed by atoms with Gasteiger partial charge in [0.1, 0.15) is 0 Å². The molecule has 1 aliphatic rings. The summed E-state index contributed by atoms with van der Waals surface area (Å²) in [6.07, 6.45) is 2.04. The molecule has 0 saturated carbocycles. The molecule has 1 aliphatic heterocycles. The van der Waals surface area contributed by atoms with Gasteiger partial charge in [0.25, 0.3) is 0 Å². The molecule has 3 aromatic rings. The van der Waals surface area contributed by atoms with Gasteiger partial charge in [-0.05, 0) is 55.3 Å². The van der Waals surface area contributed by atoms with Crippen molar-refractivity contribution in [2.75, 3.05) is 19.6 Å². The van der Waals surface area contributed by atoms with E-state index in [9.17, 15) is 18.0 Å². The maximum Gasteiger partial charge on any atom is 0.417 e. The van der Waals surface area contributed by atoms with E-state index in [1.165, 1.54) is 32.9 Å². The van der Waals surface area contributed by atoms with Crippen LogP contribution in [0.5, 0.6) is 0 Å². The number of carbonyl (C=O) groups is 1. The molecule has 0 spiro atoms. The molecule has 2 N–H and O–H groups in total. The lowest BCUT2D eigenvalue weighted by Gasteiger charge is -2.31. The zero-order chi connectivity index (χ0) is 21.3. The normalized spacial score (nSPS) is 18.0. The van der Waals surface area contributed by atoms with Gasteiger partial charge in [0.2, 0.25) is 15.9 Å². The Morgan fingerprint density at radius 3 is 2.97 bits per heavy atom. The van der Waals surface area contributed by atoms with Gasteiger partial charge in [0.05, 0.1) is 16.3 Å². The van der Waals surface area contributed by atoms with Crippen LogP contribution in [0.2, 0.25) is 0 Å². The topological polar surface area (TPSA) is 112 Å². The van der Waals surface area contributed by atoms with Crippen LogP contribution in [-0.2, 0) is 21.2 Å². The number of carbonyl (C=O) groups excluding carboxylic acids is 1. The summed E-state index contributed by atoms with van der Waals surface area (Å²) >= 11 is 1.67. The highest BCUT2D eigenvalue weighted by atomic mass is 32.2. The number of aromatic nitrogens is 1. The average Bonchev–Trinajstić information content (AvgIpc) is 3.31. The number of sulfonamides is 1. The van der Waals surface area contributed by atoms with Crippen molar-refractivity contribution in [3.8, 4) is 0 Å². The van der Waals surface area contributed by atoms with E-state index in [1.807, 2.05) is 12.3 Å². The number of piperidine rings is 1. The van der Waals surface area contributed by atoms with Crippen LogP contribution in [0.25, 0.3) is 11.1 Å². The van der Waals surface area contributed by atoms with Crippen LogP contribution in [0.3, 0.4) is 0 Å². The number of nitrogens with one attached hydrogen (secondary N) is 2. The fourth-order valence-electron chi connectivity index (χ4n) is 3.71. The van der Waals surface area contributed by atoms with Crippen LogP contribution in [-0.4, -0.2) is 43.2 Å². The third-order valence-electron chi connectivity index (χ3n) is 5.40. The Bertz CT molecular complexity index is 1220. The summed E-state index contributed by atoms with van der Waals surface area (Å²) in [5, 5.41) is 4.98. The van der Waals surface area contributed by atoms with Gasteiger partial charge >= 0.3 is 5.76 Å². The number of fused-ring (bicyclic) bond motifs is 1. The van der Waals surface area contributed by atoms with E-state index < -0.39 is 15.8 Å². The molecule has 1 fully saturated rings. The van der Waals surface area contributed by atoms with E-state index in [0.717, 1.165) is 6.42 Å². The predicted molar refractivity (Wildman–Crippen MR) is 114 cm³/mol. The highest BCUT2D eigenvalue weighted by molar-refractivity contribution is 7.89. The molecule has 160 valence electrons. The highest BCUT2D eigenvalue weighted by Gasteiger charge is 2.33. The molecule has 8 nitrogen and oxygen atoms in total. The molecule has 3 heterocycles. The third kappa shape index (κ3) is 4.21. The van der Waals surface area contributed by atoms with E-state index in [2.05, 4.69) is 16.4 Å². The second kappa shape index (κ2) is 8.37. The van der Waals surface area contributed by atoms with Crippen LogP contribution < -0.4 is 11.1 Å². The van der Waals surface area contributed by atoms with Gasteiger partial charge in [-0.3, -0.25) is 9.78 Å². The van der Waals surface area contributed by atoms with Gasteiger partial charge in [-0.15, -0.1) is 11.3 Å². The Kier molecular flexibility index (Phi) is 5.81. The molecule has 1 saturated heterocycles. The SMILES string of the molecule is Cc1ccsc1CCNC(=O)[C@H]1CCCN(S(=O)(=O)c2ccc3[nH]c(=O)oc3c2)C1.